The predicted octanol–water partition coefficient (Wildman–Crippen LogP) is 4.26. The molecule has 0 radical (unpaired) electrons. The Hall–Kier alpha value is -3.49. The molecule has 15 heteroatoms. The lowest BCUT2D eigenvalue weighted by Gasteiger charge is -2.11. The molecular formula is C20H16F6N6O2S. The summed E-state index contributed by atoms with van der Waals surface area (Å²) >= 11 is 0. The number of halogens is 6. The van der Waals surface area contributed by atoms with Gasteiger partial charge in [0.15, 0.2) is 21.5 Å². The summed E-state index contributed by atoms with van der Waals surface area (Å²) in [7, 11) is -1.49. The van der Waals surface area contributed by atoms with Gasteiger partial charge in [0, 0.05) is 25.9 Å². The maximum absolute atomic E-state index is 13.4. The zero-order chi connectivity index (χ0) is 25.9. The van der Waals surface area contributed by atoms with E-state index in [1.165, 1.54) is 18.5 Å². The standard InChI is InChI=1S/C20H16F6N6O2S/c1-4-35(33,34)15-9-14-12(28-18(31(14)2)20(24,25)26)8-11(15)16-29-30-17(32(16)3)13-7-10(5-6-27-13)19(21,22)23/h5-9H,4H2,1-3H3. The molecule has 4 rings (SSSR count). The van der Waals surface area contributed by atoms with Gasteiger partial charge in [0.25, 0.3) is 0 Å². The lowest BCUT2D eigenvalue weighted by molar-refractivity contribution is -0.146. The minimum Gasteiger partial charge on any atom is -0.323 e. The largest absolute Gasteiger partial charge is 0.449 e. The lowest BCUT2D eigenvalue weighted by atomic mass is 10.1. The number of imidazole rings is 1. The number of hydrogen-bond donors (Lipinski definition) is 0. The van der Waals surface area contributed by atoms with Crippen molar-refractivity contribution < 1.29 is 34.8 Å². The third kappa shape index (κ3) is 4.24. The Morgan fingerprint density at radius 1 is 0.914 bits per heavy atom. The molecule has 0 atom stereocenters. The Bertz CT molecular complexity index is 1550. The van der Waals surface area contributed by atoms with Crippen LogP contribution in [0.15, 0.2) is 35.4 Å². The molecule has 0 N–H and O–H groups in total. The van der Waals surface area contributed by atoms with Gasteiger partial charge in [-0.3, -0.25) is 4.98 Å². The van der Waals surface area contributed by atoms with Crippen molar-refractivity contribution in [3.63, 3.8) is 0 Å². The highest BCUT2D eigenvalue weighted by atomic mass is 32.2. The van der Waals surface area contributed by atoms with Crippen LogP contribution < -0.4 is 0 Å². The van der Waals surface area contributed by atoms with E-state index in [1.54, 1.807) is 0 Å². The van der Waals surface area contributed by atoms with E-state index in [9.17, 15) is 34.8 Å². The summed E-state index contributed by atoms with van der Waals surface area (Å²) in [6.07, 6.45) is -8.48. The van der Waals surface area contributed by atoms with E-state index < -0.39 is 33.6 Å². The minimum atomic E-state index is -4.79. The van der Waals surface area contributed by atoms with Crippen LogP contribution in [0.1, 0.15) is 18.3 Å². The molecule has 0 bridgehead atoms. The van der Waals surface area contributed by atoms with Crippen molar-refractivity contribution in [2.45, 2.75) is 24.2 Å². The zero-order valence-electron chi connectivity index (χ0n) is 18.3. The zero-order valence-corrected chi connectivity index (χ0v) is 19.1. The molecule has 0 aliphatic carbocycles. The number of fused-ring (bicyclic) bond motifs is 1. The van der Waals surface area contributed by atoms with Crippen LogP contribution >= 0.6 is 0 Å². The number of benzene rings is 1. The highest BCUT2D eigenvalue weighted by Gasteiger charge is 2.37. The molecule has 0 spiro atoms. The summed E-state index contributed by atoms with van der Waals surface area (Å²) in [4.78, 5) is 7.17. The van der Waals surface area contributed by atoms with Crippen molar-refractivity contribution in [2.75, 3.05) is 5.75 Å². The minimum absolute atomic E-state index is 0.0740. The first-order valence-electron chi connectivity index (χ1n) is 9.89. The predicted molar refractivity (Wildman–Crippen MR) is 112 cm³/mol. The Morgan fingerprint density at radius 3 is 2.17 bits per heavy atom. The maximum Gasteiger partial charge on any atom is 0.449 e. The molecule has 35 heavy (non-hydrogen) atoms. The van der Waals surface area contributed by atoms with E-state index >= 15 is 0 Å². The van der Waals surface area contributed by atoms with Crippen molar-refractivity contribution >= 4 is 20.9 Å². The molecule has 0 aliphatic heterocycles. The first kappa shape index (κ1) is 24.6. The summed E-state index contributed by atoms with van der Waals surface area (Å²) in [5, 5.41) is 7.78. The fourth-order valence-electron chi connectivity index (χ4n) is 3.58. The molecule has 8 nitrogen and oxygen atoms in total. The van der Waals surface area contributed by atoms with Crippen molar-refractivity contribution in [1.29, 1.82) is 0 Å². The molecule has 0 aliphatic rings. The average Bonchev–Trinajstić information content (AvgIpc) is 3.32. The summed E-state index contributed by atoms with van der Waals surface area (Å²) in [5.74, 6) is -1.80. The Morgan fingerprint density at radius 2 is 1.57 bits per heavy atom. The molecule has 0 saturated heterocycles. The van der Waals surface area contributed by atoms with Crippen LogP contribution in [0, 0.1) is 0 Å². The SMILES string of the molecule is CCS(=O)(=O)c1cc2c(cc1-c1nnc(-c3cc(C(F)(F)F)ccn3)n1C)nc(C(F)(F)F)n2C. The quantitative estimate of drug-likeness (QED) is 0.375. The van der Waals surface area contributed by atoms with Crippen molar-refractivity contribution in [3.8, 4) is 22.9 Å². The van der Waals surface area contributed by atoms with E-state index in [-0.39, 0.29) is 44.6 Å². The van der Waals surface area contributed by atoms with Gasteiger partial charge in [-0.25, -0.2) is 13.4 Å². The lowest BCUT2D eigenvalue weighted by Crippen LogP contribution is -2.12. The first-order chi connectivity index (χ1) is 16.1. The number of aromatic nitrogens is 6. The third-order valence-electron chi connectivity index (χ3n) is 5.38. The van der Waals surface area contributed by atoms with Crippen molar-refractivity contribution in [3.05, 3.63) is 41.9 Å². The van der Waals surface area contributed by atoms with E-state index in [0.717, 1.165) is 42.1 Å². The second kappa shape index (κ2) is 8.03. The van der Waals surface area contributed by atoms with Gasteiger partial charge in [0.05, 0.1) is 27.2 Å². The van der Waals surface area contributed by atoms with Gasteiger partial charge in [-0.15, -0.1) is 10.2 Å². The fourth-order valence-corrected chi connectivity index (χ4v) is 4.66. The molecule has 0 saturated carbocycles. The number of sulfone groups is 1. The molecule has 0 fully saturated rings. The van der Waals surface area contributed by atoms with Crippen LogP contribution in [-0.2, 0) is 36.3 Å². The molecule has 4 aromatic rings. The highest BCUT2D eigenvalue weighted by molar-refractivity contribution is 7.91. The van der Waals surface area contributed by atoms with Crippen molar-refractivity contribution in [1.82, 2.24) is 29.3 Å². The van der Waals surface area contributed by atoms with Gasteiger partial charge in [0.2, 0.25) is 5.82 Å². The molecule has 3 aromatic heterocycles. The van der Waals surface area contributed by atoms with E-state index in [4.69, 9.17) is 0 Å². The highest BCUT2D eigenvalue weighted by Crippen LogP contribution is 2.36. The second-order valence-electron chi connectivity index (χ2n) is 7.57. The van der Waals surface area contributed by atoms with Crippen LogP contribution in [0.4, 0.5) is 26.3 Å². The molecule has 186 valence electrons. The summed E-state index contributed by atoms with van der Waals surface area (Å²) in [6, 6.07) is 3.75. The van der Waals surface area contributed by atoms with Crippen LogP contribution in [0.5, 0.6) is 0 Å². The number of hydrogen-bond acceptors (Lipinski definition) is 6. The summed E-state index contributed by atoms with van der Waals surface area (Å²) < 4.78 is 107. The topological polar surface area (TPSA) is 95.6 Å². The third-order valence-corrected chi connectivity index (χ3v) is 7.15. The monoisotopic (exact) mass is 518 g/mol. The van der Waals surface area contributed by atoms with Crippen LogP contribution in [-0.4, -0.2) is 43.5 Å². The van der Waals surface area contributed by atoms with Crippen LogP contribution in [0.25, 0.3) is 33.9 Å². The number of nitrogens with zero attached hydrogens (tertiary/aromatic N) is 6. The molecule has 3 heterocycles. The summed E-state index contributed by atoms with van der Waals surface area (Å²) in [5.41, 5.74) is -1.48. The number of alkyl halides is 6. The first-order valence-corrected chi connectivity index (χ1v) is 11.5. The fraction of sp³-hybridized carbons (Fsp3) is 0.300. The second-order valence-corrected chi connectivity index (χ2v) is 9.81. The van der Waals surface area contributed by atoms with E-state index in [0.29, 0.717) is 0 Å². The van der Waals surface area contributed by atoms with Gasteiger partial charge in [-0.2, -0.15) is 26.3 Å². The van der Waals surface area contributed by atoms with E-state index in [2.05, 4.69) is 20.2 Å². The Labute approximate surface area is 194 Å². The smallest absolute Gasteiger partial charge is 0.323 e. The van der Waals surface area contributed by atoms with Gasteiger partial charge in [-0.05, 0) is 24.3 Å². The molecule has 0 amide bonds. The van der Waals surface area contributed by atoms with Gasteiger partial charge < -0.3 is 9.13 Å². The number of rotatable bonds is 4. The Kier molecular flexibility index (Phi) is 5.65. The van der Waals surface area contributed by atoms with E-state index in [1.807, 2.05) is 0 Å². The van der Waals surface area contributed by atoms with Gasteiger partial charge in [-0.1, -0.05) is 6.92 Å². The van der Waals surface area contributed by atoms with Gasteiger partial charge in [0.1, 0.15) is 5.69 Å². The van der Waals surface area contributed by atoms with Crippen molar-refractivity contribution in [2.24, 2.45) is 14.1 Å². The van der Waals surface area contributed by atoms with Crippen LogP contribution in [0.3, 0.4) is 0 Å². The molecule has 1 aromatic carbocycles. The Balaban J connectivity index is 1.97. The maximum atomic E-state index is 13.4. The van der Waals surface area contributed by atoms with Gasteiger partial charge >= 0.3 is 12.4 Å². The average molecular weight is 518 g/mol. The molecule has 0 unspecified atom stereocenters. The molecular weight excluding hydrogens is 502 g/mol. The number of aryl methyl sites for hydroxylation is 1. The van der Waals surface area contributed by atoms with Crippen LogP contribution in [0.2, 0.25) is 0 Å². The number of pyridine rings is 1. The summed E-state index contributed by atoms with van der Waals surface area (Å²) in [6.45, 7) is 1.36. The normalized spacial score (nSPS) is 13.1.